The normalized spacial score (nSPS) is 10.1. The molecule has 0 aliphatic carbocycles. The second-order valence-electron chi connectivity index (χ2n) is 3.41. The van der Waals surface area contributed by atoms with Crippen LogP contribution in [0.15, 0.2) is 18.2 Å². The molecule has 0 aromatic heterocycles. The first kappa shape index (κ1) is 14.4. The average molecular weight is 275 g/mol. The van der Waals surface area contributed by atoms with Gasteiger partial charge in [-0.15, -0.1) is 0 Å². The zero-order valence-electron chi connectivity index (χ0n) is 9.37. The van der Waals surface area contributed by atoms with Crippen LogP contribution in [0.5, 0.6) is 0 Å². The number of rotatable bonds is 6. The van der Waals surface area contributed by atoms with E-state index in [1.54, 1.807) is 0 Å². The Labute approximate surface area is 108 Å². The molecule has 1 aromatic carbocycles. The Hall–Kier alpha value is -1.66. The molecular weight excluding hydrogens is 263 g/mol. The number of halogens is 2. The maximum atomic E-state index is 11.8. The van der Waals surface area contributed by atoms with Crippen LogP contribution in [0.1, 0.15) is 10.4 Å². The van der Waals surface area contributed by atoms with Gasteiger partial charge >= 0.3 is 5.97 Å². The fraction of sp³-hybridized carbons (Fsp3) is 0.273. The molecule has 3 N–H and O–H groups in total. The molecule has 98 valence electrons. The van der Waals surface area contributed by atoms with Gasteiger partial charge < -0.3 is 15.7 Å². The molecule has 0 saturated carbocycles. The van der Waals surface area contributed by atoms with Crippen LogP contribution in [-0.4, -0.2) is 36.7 Å². The zero-order valence-corrected chi connectivity index (χ0v) is 10.1. The second-order valence-corrected chi connectivity index (χ2v) is 3.82. The summed E-state index contributed by atoms with van der Waals surface area (Å²) in [6, 6.07) is 3.98. The van der Waals surface area contributed by atoms with Crippen LogP contribution in [-0.2, 0) is 4.79 Å². The van der Waals surface area contributed by atoms with E-state index >= 15 is 0 Å². The number of carbonyl (C=O) groups is 2. The van der Waals surface area contributed by atoms with Gasteiger partial charge in [0, 0.05) is 6.54 Å². The number of benzene rings is 1. The van der Waals surface area contributed by atoms with E-state index in [2.05, 4.69) is 10.6 Å². The third-order valence-electron chi connectivity index (χ3n) is 2.04. The monoisotopic (exact) mass is 274 g/mol. The van der Waals surface area contributed by atoms with Crippen LogP contribution in [0.3, 0.4) is 0 Å². The quantitative estimate of drug-likeness (QED) is 0.688. The Kier molecular flexibility index (Phi) is 5.54. The molecule has 0 saturated heterocycles. The summed E-state index contributed by atoms with van der Waals surface area (Å²) in [6.45, 7) is -0.559. The third kappa shape index (κ3) is 4.31. The molecule has 18 heavy (non-hydrogen) atoms. The first-order valence-electron chi connectivity index (χ1n) is 5.14. The van der Waals surface area contributed by atoms with Gasteiger partial charge in [-0.3, -0.25) is 4.79 Å². The highest BCUT2D eigenvalue weighted by molar-refractivity contribution is 6.33. The number of nitrogens with one attached hydrogen (secondary N) is 2. The highest BCUT2D eigenvalue weighted by Crippen LogP contribution is 2.22. The first-order valence-corrected chi connectivity index (χ1v) is 5.51. The number of carboxylic acids is 1. The lowest BCUT2D eigenvalue weighted by Crippen LogP contribution is -2.29. The van der Waals surface area contributed by atoms with Crippen LogP contribution >= 0.6 is 11.6 Å². The molecule has 1 aromatic rings. The Morgan fingerprint density at radius 1 is 1.39 bits per heavy atom. The van der Waals surface area contributed by atoms with Crippen LogP contribution in [0, 0.1) is 0 Å². The number of hydrogen-bond donors (Lipinski definition) is 3. The topological polar surface area (TPSA) is 78.4 Å². The smallest absolute Gasteiger partial charge is 0.335 e. The molecule has 0 unspecified atom stereocenters. The van der Waals surface area contributed by atoms with Crippen LogP contribution in [0.2, 0.25) is 5.02 Å². The molecule has 0 aliphatic heterocycles. The second kappa shape index (κ2) is 6.93. The van der Waals surface area contributed by atoms with Crippen molar-refractivity contribution in [2.75, 3.05) is 25.1 Å². The molecule has 0 aliphatic rings. The summed E-state index contributed by atoms with van der Waals surface area (Å²) in [4.78, 5) is 22.2. The number of hydrogen-bond acceptors (Lipinski definition) is 3. The van der Waals surface area contributed by atoms with Crippen molar-refractivity contribution in [3.8, 4) is 0 Å². The summed E-state index contributed by atoms with van der Waals surface area (Å²) in [5, 5.41) is 14.0. The van der Waals surface area contributed by atoms with E-state index in [0.29, 0.717) is 0 Å². The lowest BCUT2D eigenvalue weighted by molar-refractivity contribution is -0.115. The highest BCUT2D eigenvalue weighted by Gasteiger charge is 2.09. The van der Waals surface area contributed by atoms with Crippen molar-refractivity contribution in [2.45, 2.75) is 0 Å². The number of amides is 1. The van der Waals surface area contributed by atoms with E-state index in [0.717, 1.165) is 0 Å². The van der Waals surface area contributed by atoms with Crippen LogP contribution in [0.25, 0.3) is 0 Å². The van der Waals surface area contributed by atoms with Crippen molar-refractivity contribution >= 4 is 29.2 Å². The fourth-order valence-electron chi connectivity index (χ4n) is 1.22. The van der Waals surface area contributed by atoms with E-state index < -0.39 is 18.6 Å². The van der Waals surface area contributed by atoms with Gasteiger partial charge in [0.05, 0.1) is 22.8 Å². The van der Waals surface area contributed by atoms with Gasteiger partial charge in [-0.1, -0.05) is 11.6 Å². The molecular formula is C11H12ClFN2O3. The lowest BCUT2D eigenvalue weighted by atomic mass is 10.2. The number of carbonyl (C=O) groups excluding carboxylic acids is 1. The summed E-state index contributed by atoms with van der Waals surface area (Å²) in [6.07, 6.45) is 0. The molecule has 0 heterocycles. The largest absolute Gasteiger partial charge is 0.478 e. The summed E-state index contributed by atoms with van der Waals surface area (Å²) < 4.78 is 11.8. The van der Waals surface area contributed by atoms with Crippen molar-refractivity contribution in [1.82, 2.24) is 5.32 Å². The molecule has 0 atom stereocenters. The highest BCUT2D eigenvalue weighted by atomic mass is 35.5. The summed E-state index contributed by atoms with van der Waals surface area (Å²) in [5.41, 5.74) is 0.232. The third-order valence-corrected chi connectivity index (χ3v) is 2.37. The van der Waals surface area contributed by atoms with Crippen LogP contribution < -0.4 is 10.6 Å². The predicted octanol–water partition coefficient (Wildman–Crippen LogP) is 1.54. The molecule has 1 rings (SSSR count). The average Bonchev–Trinajstić information content (AvgIpc) is 2.32. The van der Waals surface area contributed by atoms with Gasteiger partial charge in [-0.05, 0) is 18.2 Å². The predicted molar refractivity (Wildman–Crippen MR) is 65.9 cm³/mol. The molecule has 1 amide bonds. The van der Waals surface area contributed by atoms with Gasteiger partial charge in [-0.2, -0.15) is 0 Å². The van der Waals surface area contributed by atoms with Gasteiger partial charge in [0.15, 0.2) is 0 Å². The Balaban J connectivity index is 2.68. The summed E-state index contributed by atoms with van der Waals surface area (Å²) in [5.74, 6) is -1.54. The number of aromatic carboxylic acids is 1. The number of carboxylic acid groups (broad SMARTS) is 1. The molecule has 0 spiro atoms. The van der Waals surface area contributed by atoms with Crippen molar-refractivity contribution in [1.29, 1.82) is 0 Å². The summed E-state index contributed by atoms with van der Waals surface area (Å²) >= 11 is 5.82. The van der Waals surface area contributed by atoms with E-state index in [1.807, 2.05) is 0 Å². The van der Waals surface area contributed by atoms with Crippen molar-refractivity contribution in [3.05, 3.63) is 28.8 Å². The van der Waals surface area contributed by atoms with Gasteiger partial charge in [0.1, 0.15) is 6.67 Å². The SMILES string of the molecule is O=C(CNCCF)Nc1cc(C(=O)O)ccc1Cl. The first-order chi connectivity index (χ1) is 8.54. The zero-order chi connectivity index (χ0) is 13.5. The Morgan fingerprint density at radius 2 is 2.11 bits per heavy atom. The van der Waals surface area contributed by atoms with Crippen molar-refractivity contribution in [2.24, 2.45) is 0 Å². The lowest BCUT2D eigenvalue weighted by Gasteiger charge is -2.08. The van der Waals surface area contributed by atoms with Crippen molar-refractivity contribution in [3.63, 3.8) is 0 Å². The van der Waals surface area contributed by atoms with Gasteiger partial charge in [-0.25, -0.2) is 9.18 Å². The summed E-state index contributed by atoms with van der Waals surface area (Å²) in [7, 11) is 0. The van der Waals surface area contributed by atoms with Gasteiger partial charge in [0.2, 0.25) is 5.91 Å². The van der Waals surface area contributed by atoms with E-state index in [4.69, 9.17) is 16.7 Å². The standard InChI is InChI=1S/C11H12ClFN2O3/c12-8-2-1-7(11(17)18)5-9(8)15-10(16)6-14-4-3-13/h1-2,5,14H,3-4,6H2,(H,15,16)(H,17,18). The minimum Gasteiger partial charge on any atom is -0.478 e. The molecule has 0 fully saturated rings. The van der Waals surface area contributed by atoms with Crippen LogP contribution in [0.4, 0.5) is 10.1 Å². The van der Waals surface area contributed by atoms with Gasteiger partial charge in [0.25, 0.3) is 0 Å². The minimum absolute atomic E-state index is 0.0198. The van der Waals surface area contributed by atoms with E-state index in [9.17, 15) is 14.0 Å². The van der Waals surface area contributed by atoms with E-state index in [-0.39, 0.29) is 29.4 Å². The van der Waals surface area contributed by atoms with Crippen molar-refractivity contribution < 1.29 is 19.1 Å². The molecule has 7 heteroatoms. The fourth-order valence-corrected chi connectivity index (χ4v) is 1.38. The molecule has 0 bridgehead atoms. The number of alkyl halides is 1. The minimum atomic E-state index is -1.11. The Bertz CT molecular complexity index is 454. The molecule has 0 radical (unpaired) electrons. The number of anilines is 1. The maximum absolute atomic E-state index is 11.8. The molecule has 5 nitrogen and oxygen atoms in total. The van der Waals surface area contributed by atoms with E-state index in [1.165, 1.54) is 18.2 Å². The maximum Gasteiger partial charge on any atom is 0.335 e. The Morgan fingerprint density at radius 3 is 2.72 bits per heavy atom.